The van der Waals surface area contributed by atoms with Gasteiger partial charge >= 0.3 is 0 Å². The third-order valence-corrected chi connectivity index (χ3v) is 7.44. The van der Waals surface area contributed by atoms with Crippen molar-refractivity contribution in [2.24, 2.45) is 17.3 Å². The van der Waals surface area contributed by atoms with Crippen LogP contribution in [0.2, 0.25) is 0 Å². The van der Waals surface area contributed by atoms with Crippen LogP contribution in [-0.4, -0.2) is 46.5 Å². The molecule has 0 radical (unpaired) electrons. The largest absolute Gasteiger partial charge is 0.356 e. The molecule has 5 nitrogen and oxygen atoms in total. The number of amides is 1. The highest BCUT2D eigenvalue weighted by molar-refractivity contribution is 5.82. The lowest BCUT2D eigenvalue weighted by atomic mass is 9.85. The van der Waals surface area contributed by atoms with Crippen LogP contribution in [0.1, 0.15) is 51.9 Å². The van der Waals surface area contributed by atoms with E-state index in [2.05, 4.69) is 39.3 Å². The fourth-order valence-corrected chi connectivity index (χ4v) is 5.21. The van der Waals surface area contributed by atoms with Crippen molar-refractivity contribution >= 4 is 5.91 Å². The molecule has 1 spiro atoms. The molecule has 0 aromatic carbocycles. The van der Waals surface area contributed by atoms with Gasteiger partial charge in [-0.2, -0.15) is 0 Å². The van der Waals surface area contributed by atoms with Gasteiger partial charge in [-0.3, -0.25) is 9.69 Å². The Kier molecular flexibility index (Phi) is 6.23. The van der Waals surface area contributed by atoms with Gasteiger partial charge in [-0.25, -0.2) is 4.98 Å². The first kappa shape index (κ1) is 20.4. The quantitative estimate of drug-likeness (QED) is 0.537. The van der Waals surface area contributed by atoms with E-state index >= 15 is 0 Å². The zero-order valence-electron chi connectivity index (χ0n) is 17.9. The third kappa shape index (κ3) is 5.00. The molecule has 3 aliphatic rings. The average molecular weight is 397 g/mol. The number of nitrogens with zero attached hydrogens (tertiary/aromatic N) is 3. The van der Waals surface area contributed by atoms with Crippen molar-refractivity contribution in [2.45, 2.75) is 58.4 Å². The van der Waals surface area contributed by atoms with Gasteiger partial charge < -0.3 is 9.88 Å². The molecule has 1 N–H and O–H groups in total. The molecule has 2 heterocycles. The number of likely N-dealkylation sites (tertiary alicyclic amines) is 1. The first-order valence-corrected chi connectivity index (χ1v) is 11.3. The highest BCUT2D eigenvalue weighted by Crippen LogP contribution is 2.59. The number of nitrogens with one attached hydrogen (secondary N) is 1. The summed E-state index contributed by atoms with van der Waals surface area (Å²) in [5.74, 6) is 1.22. The van der Waals surface area contributed by atoms with Crippen LogP contribution < -0.4 is 5.32 Å². The lowest BCUT2D eigenvalue weighted by molar-refractivity contribution is -0.123. The van der Waals surface area contributed by atoms with Crippen LogP contribution in [0.4, 0.5) is 0 Å². The Labute approximate surface area is 175 Å². The van der Waals surface area contributed by atoms with E-state index in [-0.39, 0.29) is 11.8 Å². The van der Waals surface area contributed by atoms with Crippen LogP contribution in [0.25, 0.3) is 0 Å². The number of aromatic nitrogens is 2. The van der Waals surface area contributed by atoms with Gasteiger partial charge in [0, 0.05) is 37.9 Å². The van der Waals surface area contributed by atoms with Gasteiger partial charge in [-0.15, -0.1) is 0 Å². The first-order chi connectivity index (χ1) is 14.1. The molecular formula is C24H36N4O. The summed E-state index contributed by atoms with van der Waals surface area (Å²) in [6, 6.07) is 0. The average Bonchev–Trinajstić information content (AvgIpc) is 3.16. The molecule has 1 aromatic rings. The van der Waals surface area contributed by atoms with Gasteiger partial charge in [-0.05, 0) is 76.3 Å². The summed E-state index contributed by atoms with van der Waals surface area (Å²) < 4.78 is 2.06. The molecule has 1 saturated heterocycles. The molecule has 1 saturated carbocycles. The molecule has 4 rings (SSSR count). The van der Waals surface area contributed by atoms with Crippen LogP contribution in [0.5, 0.6) is 0 Å². The number of carbonyl (C=O) groups is 1. The van der Waals surface area contributed by atoms with E-state index in [1.807, 2.05) is 12.5 Å². The molecule has 1 aromatic heterocycles. The van der Waals surface area contributed by atoms with Gasteiger partial charge in [0.15, 0.2) is 0 Å². The fraction of sp³-hybridized carbons (Fsp3) is 0.667. The summed E-state index contributed by atoms with van der Waals surface area (Å²) in [4.78, 5) is 19.2. The Morgan fingerprint density at radius 1 is 1.38 bits per heavy atom. The summed E-state index contributed by atoms with van der Waals surface area (Å²) in [7, 11) is 0. The maximum absolute atomic E-state index is 12.6. The maximum Gasteiger partial charge on any atom is 0.223 e. The van der Waals surface area contributed by atoms with E-state index in [1.54, 1.807) is 11.8 Å². The molecule has 2 aliphatic carbocycles. The highest BCUT2D eigenvalue weighted by Gasteiger charge is 2.58. The van der Waals surface area contributed by atoms with Gasteiger partial charge in [-0.1, -0.05) is 23.8 Å². The standard InChI is InChI=1S/C24H36N4O/c1-19(2)21-6-4-20(5-7-21)17-27-13-8-24(9-14-27)16-22(24)23(29)26-10-3-12-28-15-11-25-18-28/h4,11,15,18,21-22H,1,3,5-10,12-14,16-17H2,2H3,(H,26,29)/t21-,22?/m1/s1. The number of allylic oxidation sites excluding steroid dienone is 2. The molecule has 1 unspecified atom stereocenters. The van der Waals surface area contributed by atoms with E-state index in [0.717, 1.165) is 45.6 Å². The predicted octanol–water partition coefficient (Wildman–Crippen LogP) is 3.79. The van der Waals surface area contributed by atoms with Gasteiger partial charge in [0.2, 0.25) is 5.91 Å². The topological polar surface area (TPSA) is 50.2 Å². The van der Waals surface area contributed by atoms with Crippen molar-refractivity contribution in [1.82, 2.24) is 19.8 Å². The zero-order valence-corrected chi connectivity index (χ0v) is 17.9. The smallest absolute Gasteiger partial charge is 0.223 e. The van der Waals surface area contributed by atoms with Crippen molar-refractivity contribution in [3.05, 3.63) is 42.5 Å². The summed E-state index contributed by atoms with van der Waals surface area (Å²) >= 11 is 0. The van der Waals surface area contributed by atoms with Crippen molar-refractivity contribution in [3.8, 4) is 0 Å². The summed E-state index contributed by atoms with van der Waals surface area (Å²) in [5, 5.41) is 3.17. The Hall–Kier alpha value is -1.88. The van der Waals surface area contributed by atoms with Gasteiger partial charge in [0.25, 0.3) is 0 Å². The van der Waals surface area contributed by atoms with Gasteiger partial charge in [0.1, 0.15) is 0 Å². The molecular weight excluding hydrogens is 360 g/mol. The molecule has 0 bridgehead atoms. The lowest BCUT2D eigenvalue weighted by Crippen LogP contribution is -2.38. The molecule has 1 amide bonds. The Morgan fingerprint density at radius 2 is 2.21 bits per heavy atom. The number of rotatable bonds is 8. The lowest BCUT2D eigenvalue weighted by Gasteiger charge is -2.34. The zero-order chi connectivity index (χ0) is 20.3. The normalized spacial score (nSPS) is 26.2. The molecule has 5 heteroatoms. The van der Waals surface area contributed by atoms with Crippen LogP contribution in [-0.2, 0) is 11.3 Å². The van der Waals surface area contributed by atoms with E-state index in [1.165, 1.54) is 37.7 Å². The van der Waals surface area contributed by atoms with Crippen LogP contribution >= 0.6 is 0 Å². The second-order valence-electron chi connectivity index (χ2n) is 9.52. The molecule has 1 aliphatic heterocycles. The molecule has 2 atom stereocenters. The minimum atomic E-state index is 0.253. The third-order valence-electron chi connectivity index (χ3n) is 7.44. The van der Waals surface area contributed by atoms with Crippen molar-refractivity contribution < 1.29 is 4.79 Å². The number of piperidine rings is 1. The highest BCUT2D eigenvalue weighted by atomic mass is 16.2. The first-order valence-electron chi connectivity index (χ1n) is 11.3. The van der Waals surface area contributed by atoms with Crippen molar-refractivity contribution in [2.75, 3.05) is 26.2 Å². The summed E-state index contributed by atoms with van der Waals surface area (Å²) in [5.41, 5.74) is 3.25. The van der Waals surface area contributed by atoms with Crippen LogP contribution in [0.3, 0.4) is 0 Å². The van der Waals surface area contributed by atoms with Crippen LogP contribution in [0, 0.1) is 17.3 Å². The van der Waals surface area contributed by atoms with E-state index in [4.69, 9.17) is 0 Å². The summed E-state index contributed by atoms with van der Waals surface area (Å²) in [6.07, 6.45) is 16.1. The minimum absolute atomic E-state index is 0.253. The Morgan fingerprint density at radius 3 is 2.86 bits per heavy atom. The van der Waals surface area contributed by atoms with Crippen molar-refractivity contribution in [3.63, 3.8) is 0 Å². The van der Waals surface area contributed by atoms with E-state index in [0.29, 0.717) is 11.3 Å². The fourth-order valence-electron chi connectivity index (χ4n) is 5.21. The van der Waals surface area contributed by atoms with E-state index < -0.39 is 0 Å². The number of hydrogen-bond acceptors (Lipinski definition) is 3. The maximum atomic E-state index is 12.6. The predicted molar refractivity (Wildman–Crippen MR) is 116 cm³/mol. The minimum Gasteiger partial charge on any atom is -0.356 e. The Balaban J connectivity index is 1.14. The molecule has 2 fully saturated rings. The SMILES string of the molecule is C=C(C)[C@@H]1CC=C(CN2CCC3(CC2)CC3C(=O)NCCCn2ccnc2)CC1. The second-order valence-corrected chi connectivity index (χ2v) is 9.52. The second kappa shape index (κ2) is 8.86. The van der Waals surface area contributed by atoms with Gasteiger partial charge in [0.05, 0.1) is 6.33 Å². The monoisotopic (exact) mass is 396 g/mol. The van der Waals surface area contributed by atoms with Crippen molar-refractivity contribution in [1.29, 1.82) is 0 Å². The number of aryl methyl sites for hydroxylation is 1. The number of carbonyl (C=O) groups excluding carboxylic acids is 1. The number of imidazole rings is 1. The molecule has 29 heavy (non-hydrogen) atoms. The summed E-state index contributed by atoms with van der Waals surface area (Å²) in [6.45, 7) is 11.4. The van der Waals surface area contributed by atoms with E-state index in [9.17, 15) is 4.79 Å². The van der Waals surface area contributed by atoms with Crippen LogP contribution in [0.15, 0.2) is 42.5 Å². The Bertz CT molecular complexity index is 743. The molecule has 158 valence electrons. The number of hydrogen-bond donors (Lipinski definition) is 1.